The van der Waals surface area contributed by atoms with E-state index in [0.29, 0.717) is 51.0 Å². The van der Waals surface area contributed by atoms with Gasteiger partial charge in [0.2, 0.25) is 17.0 Å². The summed E-state index contributed by atoms with van der Waals surface area (Å²) in [6.45, 7) is 13.3. The Bertz CT molecular complexity index is 3500. The fraction of sp³-hybridized carbons (Fsp3) is 0.547. The van der Waals surface area contributed by atoms with Gasteiger partial charge in [-0.2, -0.15) is 0 Å². The highest BCUT2D eigenvalue weighted by atomic mass is 19.1. The number of nitrogens with zero attached hydrogens (tertiary/aromatic N) is 4. The molecule has 1 aromatic heterocycles. The molecule has 11 rings (SSSR count). The maximum Gasteiger partial charge on any atom is 0.410 e. The van der Waals surface area contributed by atoms with E-state index in [1.165, 1.54) is 59.6 Å². The molecule has 0 spiro atoms. The third-order valence-corrected chi connectivity index (χ3v) is 18.7. The number of fused-ring (bicyclic) bond motifs is 15. The van der Waals surface area contributed by atoms with Gasteiger partial charge in [0.05, 0.1) is 72.5 Å². The van der Waals surface area contributed by atoms with Crippen LogP contribution >= 0.6 is 0 Å². The lowest BCUT2D eigenvalue weighted by atomic mass is 9.78. The third-order valence-electron chi connectivity index (χ3n) is 18.7. The number of halogens is 1. The van der Waals surface area contributed by atoms with Crippen LogP contribution < -0.4 is 30.4 Å². The number of methoxy groups -OCH3 is 2. The number of carboxylic acid groups (broad SMARTS) is 1. The summed E-state index contributed by atoms with van der Waals surface area (Å²) in [4.78, 5) is 103. The van der Waals surface area contributed by atoms with Crippen LogP contribution in [0.4, 0.5) is 14.9 Å². The van der Waals surface area contributed by atoms with Gasteiger partial charge in [-0.25, -0.2) is 14.0 Å². The number of aliphatic hydroxyl groups excluding tert-OH is 2. The number of benzene rings is 2. The van der Waals surface area contributed by atoms with E-state index in [9.17, 15) is 54.0 Å². The number of allylic oxidation sites excluding steroid dienone is 4. The number of carboxylic acids is 1. The monoisotopic (exact) mass is 1220 g/mol. The number of rotatable bonds is 9. The second-order valence-electron chi connectivity index (χ2n) is 24.6. The predicted octanol–water partition coefficient (Wildman–Crippen LogP) is 6.08. The molecule has 6 N–H and O–H groups in total. The van der Waals surface area contributed by atoms with Gasteiger partial charge in [-0.15, -0.1) is 0 Å². The summed E-state index contributed by atoms with van der Waals surface area (Å²) in [6, 6.07) is 0.936. The first-order chi connectivity index (χ1) is 41.9. The van der Waals surface area contributed by atoms with E-state index in [0.717, 1.165) is 25.3 Å². The lowest BCUT2D eigenvalue weighted by molar-refractivity contribution is -0.116. The van der Waals surface area contributed by atoms with Crippen molar-refractivity contribution in [2.24, 2.45) is 23.7 Å². The predicted molar refractivity (Wildman–Crippen MR) is 318 cm³/mol. The molecule has 5 bridgehead atoms. The Morgan fingerprint density at radius 3 is 2.20 bits per heavy atom. The van der Waals surface area contributed by atoms with Crippen LogP contribution in [0.1, 0.15) is 133 Å². The number of ketones is 3. The van der Waals surface area contributed by atoms with Gasteiger partial charge in [-0.3, -0.25) is 24.0 Å². The lowest BCUT2D eigenvalue weighted by Gasteiger charge is -2.41. The number of phenolic OH excluding ortho intramolecular Hbond substituents is 1. The Balaban J connectivity index is 0.883. The van der Waals surface area contributed by atoms with Crippen LogP contribution in [0.15, 0.2) is 64.6 Å². The number of carbonyl (C=O) groups is 6. The number of Topliss-reactive ketones (excluding diaryl/α,β-unsaturated/α-hetero) is 3. The standard InChI is InChI=1S/C64H79FN6O17/c1-31-12-10-13-32(2)61(79)67-47-50(68-23-26-85-27-24-68)56(77)44-45(55(47)76)53(74)36(6)58-46(44)60(78)64(7,88-58)86-25-19-43(83-8)33(3)57(35(5)52(73)34(4)51(31)72)87-63(82)69-21-17-37(18-22-69)66-38-14-11-20-70(29-38)49-42(65)28-40-48(59(49)84-9)71(39-15-16-39)30-41(54(40)75)62(80)81/h10,12-13,19,25,28,30-31,33-35,37-39,43,51-52,57,66,72-74H,11,14-18,20-24,26-27,29H2,1-9H3,(H,67,79)(H,80,81)/b12-10+,25-19+,32-13-/t31-,33-,34-,35-,38?,43+,51+,52+,57+,64+/m1/s1. The number of ether oxygens (including phenoxy) is 6. The van der Waals surface area contributed by atoms with Crippen molar-refractivity contribution in [1.29, 1.82) is 0 Å². The van der Waals surface area contributed by atoms with E-state index in [1.807, 2.05) is 4.90 Å². The zero-order valence-corrected chi connectivity index (χ0v) is 51.1. The number of likely N-dealkylation sites (tertiary alicyclic amines) is 1. The number of carbonyl (C=O) groups excluding carboxylic acids is 5. The van der Waals surface area contributed by atoms with E-state index in [4.69, 9.17) is 28.4 Å². The van der Waals surface area contributed by atoms with Crippen LogP contribution in [-0.4, -0.2) is 179 Å². The molecule has 6 aliphatic heterocycles. The number of phenols is 1. The summed E-state index contributed by atoms with van der Waals surface area (Å²) in [6.07, 6.45) is 7.69. The largest absolute Gasteiger partial charge is 0.507 e. The van der Waals surface area contributed by atoms with Crippen molar-refractivity contribution in [2.75, 3.05) is 71.6 Å². The number of hydrogen-bond acceptors (Lipinski definition) is 19. The number of aromatic nitrogens is 1. The highest BCUT2D eigenvalue weighted by Crippen LogP contribution is 2.50. The number of aromatic carboxylic acids is 1. The zero-order chi connectivity index (χ0) is 63.4. The van der Waals surface area contributed by atoms with Gasteiger partial charge >= 0.3 is 17.8 Å². The number of aromatic hydroxyl groups is 1. The first-order valence-corrected chi connectivity index (χ1v) is 30.3. The minimum Gasteiger partial charge on any atom is -0.507 e. The Labute approximate surface area is 508 Å². The molecule has 88 heavy (non-hydrogen) atoms. The first-order valence-electron chi connectivity index (χ1n) is 30.3. The third kappa shape index (κ3) is 11.8. The number of amides is 2. The number of aliphatic hydroxyl groups is 2. The number of morpholine rings is 1. The fourth-order valence-electron chi connectivity index (χ4n) is 13.4. The van der Waals surface area contributed by atoms with E-state index in [1.54, 1.807) is 54.2 Å². The van der Waals surface area contributed by atoms with Crippen molar-refractivity contribution >= 4 is 51.9 Å². The molecule has 2 amide bonds. The van der Waals surface area contributed by atoms with Crippen LogP contribution in [0.2, 0.25) is 0 Å². The normalized spacial score (nSPS) is 29.9. The minimum atomic E-state index is -2.16. The molecule has 3 saturated heterocycles. The zero-order valence-electron chi connectivity index (χ0n) is 51.1. The molecule has 7 heterocycles. The molecule has 1 unspecified atom stereocenters. The molecule has 23 nitrogen and oxygen atoms in total. The van der Waals surface area contributed by atoms with E-state index in [2.05, 4.69) is 10.6 Å². The van der Waals surface area contributed by atoms with Crippen molar-refractivity contribution in [3.8, 4) is 17.2 Å². The summed E-state index contributed by atoms with van der Waals surface area (Å²) in [5.41, 5.74) is -2.35. The van der Waals surface area contributed by atoms with Crippen molar-refractivity contribution in [2.45, 2.75) is 135 Å². The van der Waals surface area contributed by atoms with Gasteiger partial charge in [0, 0.05) is 112 Å². The van der Waals surface area contributed by atoms with Gasteiger partial charge < -0.3 is 78.7 Å². The van der Waals surface area contributed by atoms with Gasteiger partial charge in [0.25, 0.3) is 11.7 Å². The second-order valence-corrected chi connectivity index (χ2v) is 24.6. The van der Waals surface area contributed by atoms with Crippen molar-refractivity contribution < 1.29 is 82.0 Å². The van der Waals surface area contributed by atoms with Gasteiger partial charge in [-0.1, -0.05) is 45.9 Å². The van der Waals surface area contributed by atoms with Gasteiger partial charge in [0.1, 0.15) is 40.2 Å². The fourth-order valence-corrected chi connectivity index (χ4v) is 13.4. The number of pyridine rings is 1. The molecular formula is C64H79FN6O17. The molecule has 474 valence electrons. The first kappa shape index (κ1) is 63.4. The van der Waals surface area contributed by atoms with Crippen LogP contribution in [0, 0.1) is 36.4 Å². The smallest absolute Gasteiger partial charge is 0.410 e. The molecule has 3 aromatic rings. The quantitative estimate of drug-likeness (QED) is 0.141. The second kappa shape index (κ2) is 25.5. The highest BCUT2D eigenvalue weighted by molar-refractivity contribution is 6.32. The summed E-state index contributed by atoms with van der Waals surface area (Å²) in [7, 11) is 2.84. The molecule has 0 radical (unpaired) electrons. The Kier molecular flexibility index (Phi) is 18.3. The average Bonchev–Trinajstić information content (AvgIpc) is 1.26. The van der Waals surface area contributed by atoms with Crippen molar-refractivity contribution in [3.05, 3.63) is 104 Å². The molecular weight excluding hydrogens is 1140 g/mol. The molecule has 4 fully saturated rings. The molecule has 24 heteroatoms. The SMILES string of the molecule is COc1c(N2CCCC(NC3CCN(C(=O)O[C@@H]4[C@H](C)[C@@H](O)[C@H](C)[C@@H](O)[C@H](C)/C=C/C=C(/C)C(=O)NC5=C(N6CCOCC6)C(=O)c6c(c(O)c(C)c7c6C(=O)[C@@](C)(O/C=C/[C@H](OC)[C@H]4C)O7)C5=O)CC3)C2)c(F)cc2c(=O)c(C(=O)O)cn(C3CC3)c12. The number of nitrogens with one attached hydrogen (secondary N) is 2. The van der Waals surface area contributed by atoms with Crippen LogP contribution in [-0.2, 0) is 23.7 Å². The number of anilines is 1. The van der Waals surface area contributed by atoms with E-state index in [-0.39, 0.29) is 89.4 Å². The van der Waals surface area contributed by atoms with Crippen molar-refractivity contribution in [3.63, 3.8) is 0 Å². The van der Waals surface area contributed by atoms with Crippen molar-refractivity contribution in [1.82, 2.24) is 25.0 Å². The minimum absolute atomic E-state index is 0.0311. The van der Waals surface area contributed by atoms with Gasteiger partial charge in [-0.05, 0) is 64.5 Å². The van der Waals surface area contributed by atoms with E-state index < -0.39 is 129 Å². The Hall–Kier alpha value is -7.64. The molecule has 8 aliphatic rings. The van der Waals surface area contributed by atoms with Crippen LogP contribution in [0.3, 0.4) is 0 Å². The average molecular weight is 1220 g/mol. The van der Waals surface area contributed by atoms with Crippen LogP contribution in [0.25, 0.3) is 10.9 Å². The number of hydrogen-bond donors (Lipinski definition) is 6. The van der Waals surface area contributed by atoms with E-state index >= 15 is 4.39 Å². The molecule has 10 atom stereocenters. The maximum absolute atomic E-state index is 16.3. The Morgan fingerprint density at radius 1 is 0.841 bits per heavy atom. The Morgan fingerprint density at radius 2 is 1.55 bits per heavy atom. The van der Waals surface area contributed by atoms with Crippen LogP contribution in [0.5, 0.6) is 17.2 Å². The lowest BCUT2D eigenvalue weighted by Crippen LogP contribution is -2.53. The maximum atomic E-state index is 16.3. The topological polar surface area (TPSA) is 294 Å². The molecule has 2 aliphatic carbocycles. The molecule has 1 saturated carbocycles. The highest BCUT2D eigenvalue weighted by Gasteiger charge is 2.53. The molecule has 2 aromatic carbocycles. The van der Waals surface area contributed by atoms with Gasteiger partial charge in [0.15, 0.2) is 11.6 Å². The summed E-state index contributed by atoms with van der Waals surface area (Å²) in [5, 5.41) is 51.8. The summed E-state index contributed by atoms with van der Waals surface area (Å²) >= 11 is 0. The summed E-state index contributed by atoms with van der Waals surface area (Å²) in [5.74, 6) is -11.2. The number of piperidine rings is 2. The summed E-state index contributed by atoms with van der Waals surface area (Å²) < 4.78 is 54.2.